The molecule has 6 aromatic rings. The molecule has 0 saturated carbocycles. The quantitative estimate of drug-likeness (QED) is 0.327. The van der Waals surface area contributed by atoms with Gasteiger partial charge < -0.3 is 10.6 Å². The van der Waals surface area contributed by atoms with E-state index in [1.54, 1.807) is 6.07 Å². The van der Waals surface area contributed by atoms with Gasteiger partial charge >= 0.3 is 0 Å². The van der Waals surface area contributed by atoms with Crippen LogP contribution in [-0.2, 0) is 11.3 Å². The van der Waals surface area contributed by atoms with Crippen LogP contribution in [0.2, 0.25) is 0 Å². The average Bonchev–Trinajstić information content (AvgIpc) is 3.32. The van der Waals surface area contributed by atoms with Crippen molar-refractivity contribution >= 4 is 55.7 Å². The zero-order valence-corrected chi connectivity index (χ0v) is 19.1. The highest BCUT2D eigenvalue weighted by Gasteiger charge is 2.14. The summed E-state index contributed by atoms with van der Waals surface area (Å²) < 4.78 is 2.04. The lowest BCUT2D eigenvalue weighted by Crippen LogP contribution is -2.08. The molecular weight excluding hydrogens is 448 g/mol. The Labute approximate surface area is 206 Å². The predicted molar refractivity (Wildman–Crippen MR) is 143 cm³/mol. The number of anilines is 3. The molecule has 2 N–H and O–H groups in total. The van der Waals surface area contributed by atoms with E-state index in [4.69, 9.17) is 11.5 Å². The standard InChI is InChI=1S/C29H20N6O/c1-2-27(36)33-21-12-13-25-24(15-21)29(31-18-30-25)34-26-14-20-16-32-35(17-19-8-4-3-5-9-19)28(20)23-11-7-6-10-22(23)26/h1,3-16,18H,17H2,(H,33,36)(H,30,31,34). The predicted octanol–water partition coefficient (Wildman–Crippen LogP) is 5.50. The van der Waals surface area contributed by atoms with Gasteiger partial charge in [0.25, 0.3) is 5.91 Å². The second kappa shape index (κ2) is 8.85. The van der Waals surface area contributed by atoms with Gasteiger partial charge in [-0.2, -0.15) is 5.10 Å². The number of amides is 1. The molecule has 0 saturated heterocycles. The van der Waals surface area contributed by atoms with Crippen molar-refractivity contribution in [2.24, 2.45) is 0 Å². The molecule has 36 heavy (non-hydrogen) atoms. The van der Waals surface area contributed by atoms with E-state index in [1.807, 2.05) is 53.3 Å². The highest BCUT2D eigenvalue weighted by atomic mass is 16.1. The fourth-order valence-electron chi connectivity index (χ4n) is 4.47. The summed E-state index contributed by atoms with van der Waals surface area (Å²) in [5.41, 5.74) is 4.48. The van der Waals surface area contributed by atoms with Crippen LogP contribution >= 0.6 is 0 Å². The average molecular weight is 469 g/mol. The van der Waals surface area contributed by atoms with Crippen LogP contribution in [0.15, 0.2) is 91.4 Å². The van der Waals surface area contributed by atoms with E-state index < -0.39 is 5.91 Å². The van der Waals surface area contributed by atoms with Crippen LogP contribution in [0.25, 0.3) is 32.6 Å². The number of nitrogens with one attached hydrogen (secondary N) is 2. The molecule has 0 aliphatic carbocycles. The van der Waals surface area contributed by atoms with Gasteiger partial charge in [-0.25, -0.2) is 9.97 Å². The largest absolute Gasteiger partial charge is 0.339 e. The summed E-state index contributed by atoms with van der Waals surface area (Å²) in [6, 6.07) is 26.0. The maximum absolute atomic E-state index is 11.7. The number of terminal acetylenes is 1. The molecule has 2 aromatic heterocycles. The van der Waals surface area contributed by atoms with E-state index in [2.05, 4.69) is 56.9 Å². The molecule has 6 rings (SSSR count). The number of rotatable bonds is 5. The zero-order valence-electron chi connectivity index (χ0n) is 19.1. The third kappa shape index (κ3) is 3.87. The van der Waals surface area contributed by atoms with Crippen molar-refractivity contribution in [1.29, 1.82) is 0 Å². The molecule has 172 valence electrons. The minimum atomic E-state index is -0.510. The van der Waals surface area contributed by atoms with Crippen molar-refractivity contribution in [1.82, 2.24) is 19.7 Å². The summed E-state index contributed by atoms with van der Waals surface area (Å²) in [5, 5.41) is 14.8. The molecule has 0 aliphatic heterocycles. The number of carbonyl (C=O) groups is 1. The molecule has 1 amide bonds. The van der Waals surface area contributed by atoms with Gasteiger partial charge in [-0.15, -0.1) is 6.42 Å². The van der Waals surface area contributed by atoms with E-state index in [-0.39, 0.29) is 0 Å². The minimum absolute atomic E-state index is 0.510. The van der Waals surface area contributed by atoms with Crippen molar-refractivity contribution in [2.75, 3.05) is 10.6 Å². The van der Waals surface area contributed by atoms with E-state index in [9.17, 15) is 4.79 Å². The molecule has 7 nitrogen and oxygen atoms in total. The second-order valence-electron chi connectivity index (χ2n) is 8.37. The lowest BCUT2D eigenvalue weighted by Gasteiger charge is -2.14. The fourth-order valence-corrected chi connectivity index (χ4v) is 4.47. The van der Waals surface area contributed by atoms with Crippen molar-refractivity contribution in [3.05, 3.63) is 97.0 Å². The fraction of sp³-hybridized carbons (Fsp3) is 0.0345. The van der Waals surface area contributed by atoms with Crippen LogP contribution in [0.5, 0.6) is 0 Å². The number of nitrogens with zero attached hydrogens (tertiary/aromatic N) is 4. The van der Waals surface area contributed by atoms with Gasteiger partial charge in [-0.3, -0.25) is 9.48 Å². The first-order valence-electron chi connectivity index (χ1n) is 11.4. The van der Waals surface area contributed by atoms with Crippen LogP contribution in [-0.4, -0.2) is 25.7 Å². The van der Waals surface area contributed by atoms with E-state index >= 15 is 0 Å². The molecule has 7 heteroatoms. The van der Waals surface area contributed by atoms with Crippen LogP contribution < -0.4 is 10.6 Å². The summed E-state index contributed by atoms with van der Waals surface area (Å²) >= 11 is 0. The highest BCUT2D eigenvalue weighted by Crippen LogP contribution is 2.35. The summed E-state index contributed by atoms with van der Waals surface area (Å²) in [5.74, 6) is 2.18. The first-order chi connectivity index (χ1) is 17.7. The Hall–Kier alpha value is -5.22. The maximum Gasteiger partial charge on any atom is 0.300 e. The van der Waals surface area contributed by atoms with Gasteiger partial charge in [0.15, 0.2) is 0 Å². The lowest BCUT2D eigenvalue weighted by atomic mass is 10.0. The molecule has 0 fully saturated rings. The summed E-state index contributed by atoms with van der Waals surface area (Å²) in [4.78, 5) is 20.5. The topological polar surface area (TPSA) is 84.7 Å². The molecule has 0 spiro atoms. The van der Waals surface area contributed by atoms with Crippen LogP contribution in [0, 0.1) is 12.3 Å². The van der Waals surface area contributed by atoms with Crippen LogP contribution in [0.4, 0.5) is 17.2 Å². The zero-order chi connectivity index (χ0) is 24.5. The molecule has 0 radical (unpaired) electrons. The van der Waals surface area contributed by atoms with Gasteiger partial charge in [0.05, 0.1) is 23.8 Å². The number of fused-ring (bicyclic) bond motifs is 4. The van der Waals surface area contributed by atoms with Crippen molar-refractivity contribution in [3.8, 4) is 12.3 Å². The second-order valence-corrected chi connectivity index (χ2v) is 8.37. The molecular formula is C29H20N6O. The minimum Gasteiger partial charge on any atom is -0.339 e. The third-order valence-corrected chi connectivity index (χ3v) is 6.09. The monoisotopic (exact) mass is 468 g/mol. The van der Waals surface area contributed by atoms with E-state index in [0.29, 0.717) is 18.1 Å². The first-order valence-corrected chi connectivity index (χ1v) is 11.4. The van der Waals surface area contributed by atoms with E-state index in [1.165, 1.54) is 11.9 Å². The Balaban J connectivity index is 1.45. The maximum atomic E-state index is 11.7. The first kappa shape index (κ1) is 21.3. The number of benzene rings is 4. The van der Waals surface area contributed by atoms with Gasteiger partial charge in [0.2, 0.25) is 0 Å². The molecule has 0 atom stereocenters. The lowest BCUT2D eigenvalue weighted by molar-refractivity contribution is -0.111. The van der Waals surface area contributed by atoms with Crippen LogP contribution in [0.3, 0.4) is 0 Å². The molecule has 0 bridgehead atoms. The summed E-state index contributed by atoms with van der Waals surface area (Å²) in [6.45, 7) is 0.684. The third-order valence-electron chi connectivity index (χ3n) is 6.09. The van der Waals surface area contributed by atoms with Crippen molar-refractivity contribution < 1.29 is 4.79 Å². The molecule has 0 aliphatic rings. The molecule has 2 heterocycles. The Kier molecular flexibility index (Phi) is 5.24. The molecule has 4 aromatic carbocycles. The Bertz CT molecular complexity index is 1800. The summed E-state index contributed by atoms with van der Waals surface area (Å²) in [6.07, 6.45) is 8.61. The smallest absolute Gasteiger partial charge is 0.300 e. The van der Waals surface area contributed by atoms with Gasteiger partial charge in [-0.1, -0.05) is 54.6 Å². The van der Waals surface area contributed by atoms with Gasteiger partial charge in [0.1, 0.15) is 12.1 Å². The Morgan fingerprint density at radius 3 is 2.56 bits per heavy atom. The van der Waals surface area contributed by atoms with Gasteiger partial charge in [0, 0.05) is 32.9 Å². The number of hydrogen-bond donors (Lipinski definition) is 2. The SMILES string of the molecule is C#CC(=O)Nc1ccc2ncnc(Nc3cc4cnn(Cc5ccccc5)c4c4ccccc34)c2c1. The normalized spacial score (nSPS) is 11.0. The highest BCUT2D eigenvalue weighted by molar-refractivity contribution is 6.12. The van der Waals surface area contributed by atoms with Gasteiger partial charge in [-0.05, 0) is 35.7 Å². The number of carbonyl (C=O) groups excluding carboxylic acids is 1. The summed E-state index contributed by atoms with van der Waals surface area (Å²) in [7, 11) is 0. The molecule has 0 unspecified atom stereocenters. The Morgan fingerprint density at radius 2 is 1.72 bits per heavy atom. The van der Waals surface area contributed by atoms with Crippen molar-refractivity contribution in [3.63, 3.8) is 0 Å². The van der Waals surface area contributed by atoms with Crippen molar-refractivity contribution in [2.45, 2.75) is 6.54 Å². The number of hydrogen-bond acceptors (Lipinski definition) is 5. The van der Waals surface area contributed by atoms with E-state index in [0.717, 1.165) is 38.3 Å². The number of aromatic nitrogens is 4. The van der Waals surface area contributed by atoms with Crippen LogP contribution in [0.1, 0.15) is 5.56 Å². The Morgan fingerprint density at radius 1 is 0.917 bits per heavy atom.